The third-order valence-electron chi connectivity index (χ3n) is 2.22. The molecule has 0 aliphatic carbocycles. The van der Waals surface area contributed by atoms with Gasteiger partial charge in [0.1, 0.15) is 0 Å². The van der Waals surface area contributed by atoms with E-state index in [-0.39, 0.29) is 0 Å². The second-order valence-corrected chi connectivity index (χ2v) is 5.73. The van der Waals surface area contributed by atoms with Crippen LogP contribution in [0.15, 0.2) is 23.1 Å². The van der Waals surface area contributed by atoms with Crippen molar-refractivity contribution >= 4 is 21.1 Å². The Morgan fingerprint density at radius 3 is 2.50 bits per heavy atom. The number of benzene rings is 1. The lowest BCUT2D eigenvalue weighted by Gasteiger charge is -2.10. The molecule has 2 rings (SSSR count). The van der Waals surface area contributed by atoms with Gasteiger partial charge in [-0.2, -0.15) is 0 Å². The van der Waals surface area contributed by atoms with Gasteiger partial charge in [0.05, 0.1) is 0 Å². The molecule has 0 aromatic heterocycles. The molecule has 0 bridgehead atoms. The summed E-state index contributed by atoms with van der Waals surface area (Å²) in [5, 5.41) is 0. The first-order valence-electron chi connectivity index (χ1n) is 4.94. The second-order valence-electron chi connectivity index (χ2n) is 3.27. The lowest BCUT2D eigenvalue weighted by Crippen LogP contribution is -1.97. The Morgan fingerprint density at radius 1 is 1.29 bits per heavy atom. The number of fused-ring (bicyclic) bond motifs is 1. The molecule has 0 atom stereocenters. The van der Waals surface area contributed by atoms with Crippen LogP contribution in [0.2, 0.25) is 0 Å². The highest BCUT2D eigenvalue weighted by atomic mass is 32.2. The van der Waals surface area contributed by atoms with Crippen LogP contribution < -0.4 is 4.72 Å². The summed E-state index contributed by atoms with van der Waals surface area (Å²) in [5.74, 6) is 8.27. The van der Waals surface area contributed by atoms with Crippen LogP contribution in [0.4, 0.5) is 0 Å². The summed E-state index contributed by atoms with van der Waals surface area (Å²) in [6.45, 7) is 7.06. The Morgan fingerprint density at radius 2 is 1.93 bits per heavy atom. The van der Waals surface area contributed by atoms with Gasteiger partial charge < -0.3 is 0 Å². The van der Waals surface area contributed by atoms with Crippen LogP contribution in [0.3, 0.4) is 0 Å². The topological polar surface area (TPSA) is 12.0 Å². The molecular weight excluding hydrogens is 190 g/mol. The normalized spacial score (nSPS) is 16.8. The van der Waals surface area contributed by atoms with Crippen LogP contribution in [0, 0.1) is 6.92 Å². The summed E-state index contributed by atoms with van der Waals surface area (Å²) < 4.78 is 3.36. The molecule has 0 amide bonds. The Balaban J connectivity index is 0.000000461. The molecule has 1 heterocycles. The van der Waals surface area contributed by atoms with Crippen LogP contribution in [-0.2, 0) is 6.54 Å². The minimum Gasteiger partial charge on any atom is -0.267 e. The van der Waals surface area contributed by atoms with E-state index in [4.69, 9.17) is 0 Å². The monoisotopic (exact) mass is 209 g/mol. The van der Waals surface area contributed by atoms with E-state index in [2.05, 4.69) is 41.6 Å². The highest BCUT2D eigenvalue weighted by Crippen LogP contribution is 2.39. The second kappa shape index (κ2) is 4.20. The fourth-order valence-electron chi connectivity index (χ4n) is 1.70. The maximum absolute atomic E-state index is 4.13. The number of nitrogens with one attached hydrogen (secondary N) is 1. The highest BCUT2D eigenvalue weighted by Gasteiger charge is 2.16. The van der Waals surface area contributed by atoms with Crippen molar-refractivity contribution in [3.05, 3.63) is 29.3 Å². The molecule has 1 N–H and O–H groups in total. The van der Waals surface area contributed by atoms with Crippen molar-refractivity contribution in [2.75, 3.05) is 0 Å². The van der Waals surface area contributed by atoms with E-state index in [1.807, 2.05) is 13.8 Å². The van der Waals surface area contributed by atoms with Gasteiger partial charge >= 0.3 is 0 Å². The predicted octanol–water partition coefficient (Wildman–Crippen LogP) is 3.07. The van der Waals surface area contributed by atoms with Gasteiger partial charge in [0.25, 0.3) is 0 Å². The van der Waals surface area contributed by atoms with Crippen LogP contribution in [0.5, 0.6) is 0 Å². The zero-order chi connectivity index (χ0) is 10.8. The van der Waals surface area contributed by atoms with Crippen molar-refractivity contribution in [2.24, 2.45) is 0 Å². The minimum atomic E-state index is -1.19. The van der Waals surface area contributed by atoms with E-state index < -0.39 is 9.39 Å². The third kappa shape index (κ3) is 1.86. The van der Waals surface area contributed by atoms with Gasteiger partial charge in [-0.1, -0.05) is 43.8 Å². The Labute approximate surface area is 87.8 Å². The van der Waals surface area contributed by atoms with Crippen molar-refractivity contribution in [3.8, 4) is 0 Å². The number of hydrogen-bond donors (Lipinski definition) is 1. The quantitative estimate of drug-likeness (QED) is 0.648. The molecular formula is C12H19NS. The number of hydrogen-bond acceptors (Lipinski definition) is 1. The summed E-state index contributed by atoms with van der Waals surface area (Å²) in [4.78, 5) is 1.35. The van der Waals surface area contributed by atoms with E-state index in [9.17, 15) is 0 Å². The average Bonchev–Trinajstić information content (AvgIpc) is 2.47. The fourth-order valence-corrected chi connectivity index (χ4v) is 3.60. The van der Waals surface area contributed by atoms with Gasteiger partial charge in [0.15, 0.2) is 0 Å². The van der Waals surface area contributed by atoms with Crippen LogP contribution in [0.1, 0.15) is 25.0 Å². The van der Waals surface area contributed by atoms with E-state index in [0.29, 0.717) is 0 Å². The van der Waals surface area contributed by atoms with E-state index in [0.717, 1.165) is 6.54 Å². The third-order valence-corrected chi connectivity index (χ3v) is 4.29. The number of rotatable bonds is 0. The first kappa shape index (κ1) is 11.3. The van der Waals surface area contributed by atoms with Crippen molar-refractivity contribution in [2.45, 2.75) is 32.2 Å². The molecule has 1 aliphatic rings. The molecule has 1 aromatic rings. The van der Waals surface area contributed by atoms with Gasteiger partial charge in [0, 0.05) is 11.4 Å². The smallest absolute Gasteiger partial charge is 0.0314 e. The van der Waals surface area contributed by atoms with Crippen molar-refractivity contribution < 1.29 is 0 Å². The van der Waals surface area contributed by atoms with Crippen LogP contribution >= 0.6 is 9.39 Å². The number of aryl methyl sites for hydroxylation is 1. The molecule has 2 heteroatoms. The van der Waals surface area contributed by atoms with Crippen molar-refractivity contribution in [3.63, 3.8) is 0 Å². The van der Waals surface area contributed by atoms with E-state index >= 15 is 0 Å². The lowest BCUT2D eigenvalue weighted by molar-refractivity contribution is 0.989. The molecule has 0 saturated heterocycles. The minimum absolute atomic E-state index is 0.930. The van der Waals surface area contributed by atoms with E-state index in [1.165, 1.54) is 16.0 Å². The molecule has 0 saturated carbocycles. The van der Waals surface area contributed by atoms with Gasteiger partial charge in [-0.25, -0.2) is 0 Å². The van der Waals surface area contributed by atoms with Gasteiger partial charge in [0.2, 0.25) is 0 Å². The van der Waals surface area contributed by atoms with Gasteiger partial charge in [-0.05, 0) is 18.1 Å². The zero-order valence-corrected chi connectivity index (χ0v) is 10.1. The standard InChI is InChI=1S/C10H13NS.C2H6/c1-8-5-4-6-9-7-11-12(2,3)10(8)9;1-2/h4-6,11H,2-3,7H2,1H3;1-2H3. The summed E-state index contributed by atoms with van der Waals surface area (Å²) in [7, 11) is -1.19. The Hall–Kier alpha value is -0.730. The van der Waals surface area contributed by atoms with Crippen molar-refractivity contribution in [1.29, 1.82) is 0 Å². The predicted molar refractivity (Wildman–Crippen MR) is 69.5 cm³/mol. The molecule has 0 fully saturated rings. The Kier molecular flexibility index (Phi) is 3.40. The molecule has 0 radical (unpaired) electrons. The molecule has 1 nitrogen and oxygen atoms in total. The molecule has 1 aliphatic heterocycles. The highest BCUT2D eigenvalue weighted by molar-refractivity contribution is 8.26. The maximum Gasteiger partial charge on any atom is 0.0314 e. The summed E-state index contributed by atoms with van der Waals surface area (Å²) >= 11 is 0. The zero-order valence-electron chi connectivity index (χ0n) is 9.26. The molecule has 1 aromatic carbocycles. The van der Waals surface area contributed by atoms with Crippen molar-refractivity contribution in [1.82, 2.24) is 4.72 Å². The molecule has 78 valence electrons. The maximum atomic E-state index is 4.13. The fraction of sp³-hybridized carbons (Fsp3) is 0.333. The molecule has 0 spiro atoms. The lowest BCUT2D eigenvalue weighted by atomic mass is 10.1. The molecule has 14 heavy (non-hydrogen) atoms. The molecule has 0 unspecified atom stereocenters. The summed E-state index contributed by atoms with van der Waals surface area (Å²) in [5.41, 5.74) is 2.69. The first-order valence-corrected chi connectivity index (χ1v) is 6.91. The van der Waals surface area contributed by atoms with Crippen LogP contribution in [0.25, 0.3) is 0 Å². The van der Waals surface area contributed by atoms with Gasteiger partial charge in [-0.15, -0.1) is 9.39 Å². The summed E-state index contributed by atoms with van der Waals surface area (Å²) in [6.07, 6.45) is 0. The van der Waals surface area contributed by atoms with E-state index in [1.54, 1.807) is 0 Å². The SMILES string of the molecule is C=S1(=C)NCc2cccc(C)c21.CC. The summed E-state index contributed by atoms with van der Waals surface area (Å²) in [6, 6.07) is 6.38. The Bertz CT molecular complexity index is 416. The van der Waals surface area contributed by atoms with Gasteiger partial charge in [-0.3, -0.25) is 4.72 Å². The van der Waals surface area contributed by atoms with Crippen LogP contribution in [-0.4, -0.2) is 11.7 Å². The largest absolute Gasteiger partial charge is 0.267 e. The average molecular weight is 209 g/mol. The first-order chi connectivity index (χ1) is 6.61.